The Morgan fingerprint density at radius 3 is 2.67 bits per heavy atom. The lowest BCUT2D eigenvalue weighted by Crippen LogP contribution is -2.15. The number of hydrogen-bond donors (Lipinski definition) is 2. The predicted molar refractivity (Wildman–Crippen MR) is 89.4 cm³/mol. The first-order chi connectivity index (χ1) is 9.90. The Labute approximate surface area is 139 Å². The van der Waals surface area contributed by atoms with Crippen LogP contribution in [0.1, 0.15) is 15.9 Å². The number of benzene rings is 2. The summed E-state index contributed by atoms with van der Waals surface area (Å²) in [4.78, 5) is 12.1. The molecule has 2 aromatic rings. The van der Waals surface area contributed by atoms with Gasteiger partial charge in [-0.2, -0.15) is 0 Å². The van der Waals surface area contributed by atoms with Crippen LogP contribution in [0.4, 0.5) is 10.1 Å². The van der Waals surface area contributed by atoms with E-state index in [-0.39, 0.29) is 10.6 Å². The molecule has 0 heterocycles. The van der Waals surface area contributed by atoms with E-state index in [4.69, 9.17) is 29.6 Å². The number of hydrogen-bond acceptors (Lipinski definition) is 2. The molecule has 7 heteroatoms. The van der Waals surface area contributed by atoms with E-state index in [9.17, 15) is 9.18 Å². The number of amides is 1. The molecule has 0 aliphatic heterocycles. The van der Waals surface area contributed by atoms with Gasteiger partial charge in [-0.1, -0.05) is 29.9 Å². The van der Waals surface area contributed by atoms with Crippen LogP contribution in [0.15, 0.2) is 40.9 Å². The number of thiocarbonyl (C=S) groups is 1. The summed E-state index contributed by atoms with van der Waals surface area (Å²) in [5.41, 5.74) is 6.17. The number of carbonyl (C=O) groups excluding carboxylic acids is 1. The highest BCUT2D eigenvalue weighted by molar-refractivity contribution is 9.10. The topological polar surface area (TPSA) is 55.1 Å². The molecule has 0 aliphatic rings. The van der Waals surface area contributed by atoms with E-state index in [0.29, 0.717) is 20.7 Å². The van der Waals surface area contributed by atoms with Crippen LogP contribution < -0.4 is 11.1 Å². The van der Waals surface area contributed by atoms with Gasteiger partial charge in [0.15, 0.2) is 0 Å². The van der Waals surface area contributed by atoms with Crippen LogP contribution in [-0.2, 0) is 0 Å². The summed E-state index contributed by atoms with van der Waals surface area (Å²) < 4.78 is 14.1. The number of nitrogens with one attached hydrogen (secondary N) is 1. The van der Waals surface area contributed by atoms with Crippen molar-refractivity contribution in [2.45, 2.75) is 0 Å². The smallest absolute Gasteiger partial charge is 0.257 e. The average molecular weight is 388 g/mol. The number of rotatable bonds is 3. The molecule has 3 N–H and O–H groups in total. The van der Waals surface area contributed by atoms with E-state index < -0.39 is 11.7 Å². The van der Waals surface area contributed by atoms with E-state index in [1.165, 1.54) is 18.2 Å². The molecular formula is C14H9BrClFN2OS. The summed E-state index contributed by atoms with van der Waals surface area (Å²) >= 11 is 14.0. The molecule has 3 nitrogen and oxygen atoms in total. The fraction of sp³-hybridized carbons (Fsp3) is 0. The highest BCUT2D eigenvalue weighted by Gasteiger charge is 2.14. The summed E-state index contributed by atoms with van der Waals surface area (Å²) in [6, 6.07) is 8.98. The van der Waals surface area contributed by atoms with E-state index in [0.717, 1.165) is 0 Å². The maximum Gasteiger partial charge on any atom is 0.257 e. The Bertz CT molecular complexity index is 739. The summed E-state index contributed by atoms with van der Waals surface area (Å²) in [5.74, 6) is -0.956. The van der Waals surface area contributed by atoms with Crippen molar-refractivity contribution in [3.05, 3.63) is 62.8 Å². The lowest BCUT2D eigenvalue weighted by molar-refractivity contribution is 0.102. The van der Waals surface area contributed by atoms with Crippen LogP contribution in [0.25, 0.3) is 0 Å². The van der Waals surface area contributed by atoms with Gasteiger partial charge in [0, 0.05) is 15.7 Å². The molecule has 1 amide bonds. The first-order valence-electron chi connectivity index (χ1n) is 5.75. The minimum absolute atomic E-state index is 0.0724. The fourth-order valence-corrected chi connectivity index (χ4v) is 2.40. The van der Waals surface area contributed by atoms with Crippen LogP contribution >= 0.6 is 39.7 Å². The monoisotopic (exact) mass is 386 g/mol. The molecular weight excluding hydrogens is 379 g/mol. The SMILES string of the molecule is NC(=S)c1cc(NC(=O)c2cccc(Br)c2Cl)ccc1F. The van der Waals surface area contributed by atoms with Gasteiger partial charge in [0.1, 0.15) is 10.8 Å². The third kappa shape index (κ3) is 3.58. The molecule has 0 unspecified atom stereocenters. The van der Waals surface area contributed by atoms with Crippen LogP contribution in [-0.4, -0.2) is 10.9 Å². The van der Waals surface area contributed by atoms with Gasteiger partial charge in [0.25, 0.3) is 5.91 Å². The van der Waals surface area contributed by atoms with Gasteiger partial charge in [-0.15, -0.1) is 0 Å². The molecule has 21 heavy (non-hydrogen) atoms. The zero-order valence-corrected chi connectivity index (χ0v) is 13.7. The first kappa shape index (κ1) is 15.9. The van der Waals surface area contributed by atoms with E-state index in [2.05, 4.69) is 21.2 Å². The second-order valence-corrected chi connectivity index (χ2v) is 5.79. The van der Waals surface area contributed by atoms with Gasteiger partial charge in [-0.05, 0) is 46.3 Å². The van der Waals surface area contributed by atoms with Gasteiger partial charge in [-0.25, -0.2) is 4.39 Å². The molecule has 2 rings (SSSR count). The lowest BCUT2D eigenvalue weighted by Gasteiger charge is -2.09. The Hall–Kier alpha value is -1.50. The van der Waals surface area contributed by atoms with Crippen molar-refractivity contribution in [3.63, 3.8) is 0 Å². The molecule has 0 aliphatic carbocycles. The second-order valence-electron chi connectivity index (χ2n) is 4.11. The maximum atomic E-state index is 13.5. The number of nitrogens with two attached hydrogens (primary N) is 1. The van der Waals surface area contributed by atoms with Gasteiger partial charge in [0.2, 0.25) is 0 Å². The fourth-order valence-electron chi connectivity index (χ4n) is 1.67. The minimum Gasteiger partial charge on any atom is -0.389 e. The summed E-state index contributed by atoms with van der Waals surface area (Å²) in [5, 5.41) is 2.92. The standard InChI is InChI=1S/C14H9BrClFN2OS/c15-10-3-1-2-8(12(10)16)14(20)19-7-4-5-11(17)9(6-7)13(18)21/h1-6H,(H2,18,21)(H,19,20). The number of halogens is 3. The molecule has 0 saturated heterocycles. The van der Waals surface area contributed by atoms with Gasteiger partial charge >= 0.3 is 0 Å². The highest BCUT2D eigenvalue weighted by atomic mass is 79.9. The quantitative estimate of drug-likeness (QED) is 0.779. The van der Waals surface area contributed by atoms with Crippen molar-refractivity contribution < 1.29 is 9.18 Å². The van der Waals surface area contributed by atoms with Crippen molar-refractivity contribution in [1.82, 2.24) is 0 Å². The van der Waals surface area contributed by atoms with Crippen molar-refractivity contribution in [3.8, 4) is 0 Å². The summed E-state index contributed by atoms with van der Waals surface area (Å²) in [6.45, 7) is 0. The zero-order chi connectivity index (χ0) is 15.6. The molecule has 0 radical (unpaired) electrons. The maximum absolute atomic E-state index is 13.5. The van der Waals surface area contributed by atoms with Crippen LogP contribution in [0.3, 0.4) is 0 Å². The van der Waals surface area contributed by atoms with E-state index in [1.807, 2.05) is 0 Å². The highest BCUT2D eigenvalue weighted by Crippen LogP contribution is 2.26. The number of carbonyl (C=O) groups is 1. The van der Waals surface area contributed by atoms with Gasteiger partial charge in [-0.3, -0.25) is 4.79 Å². The molecule has 0 atom stereocenters. The van der Waals surface area contributed by atoms with Crippen molar-refractivity contribution in [2.24, 2.45) is 5.73 Å². The normalized spacial score (nSPS) is 10.2. The van der Waals surface area contributed by atoms with E-state index in [1.54, 1.807) is 18.2 Å². The first-order valence-corrected chi connectivity index (χ1v) is 7.33. The second kappa shape index (κ2) is 6.51. The Kier molecular flexibility index (Phi) is 4.92. The van der Waals surface area contributed by atoms with Crippen LogP contribution in [0.2, 0.25) is 5.02 Å². The largest absolute Gasteiger partial charge is 0.389 e. The van der Waals surface area contributed by atoms with E-state index >= 15 is 0 Å². The number of anilines is 1. The average Bonchev–Trinajstić information content (AvgIpc) is 2.43. The lowest BCUT2D eigenvalue weighted by atomic mass is 10.1. The van der Waals surface area contributed by atoms with Gasteiger partial charge < -0.3 is 11.1 Å². The molecule has 108 valence electrons. The molecule has 0 spiro atoms. The minimum atomic E-state index is -0.541. The Morgan fingerprint density at radius 1 is 1.29 bits per heavy atom. The molecule has 0 saturated carbocycles. The predicted octanol–water partition coefficient (Wildman–Crippen LogP) is 4.13. The van der Waals surface area contributed by atoms with Crippen molar-refractivity contribution in [2.75, 3.05) is 5.32 Å². The summed E-state index contributed by atoms with van der Waals surface area (Å²) in [6.07, 6.45) is 0. The summed E-state index contributed by atoms with van der Waals surface area (Å²) in [7, 11) is 0. The molecule has 0 aromatic heterocycles. The van der Waals surface area contributed by atoms with Crippen LogP contribution in [0.5, 0.6) is 0 Å². The Balaban J connectivity index is 2.30. The molecule has 2 aromatic carbocycles. The van der Waals surface area contributed by atoms with Crippen LogP contribution in [0, 0.1) is 5.82 Å². The third-order valence-electron chi connectivity index (χ3n) is 2.69. The van der Waals surface area contributed by atoms with Crippen molar-refractivity contribution >= 4 is 56.3 Å². The zero-order valence-electron chi connectivity index (χ0n) is 10.5. The third-order valence-corrected chi connectivity index (χ3v) is 4.20. The van der Waals surface area contributed by atoms with Crippen molar-refractivity contribution in [1.29, 1.82) is 0 Å². The molecule has 0 fully saturated rings. The Morgan fingerprint density at radius 2 is 2.00 bits per heavy atom. The molecule has 0 bridgehead atoms. The van der Waals surface area contributed by atoms with Gasteiger partial charge in [0.05, 0.1) is 10.6 Å².